The molecule has 1 aromatic heterocycles. The highest BCUT2D eigenvalue weighted by Gasteiger charge is 2.15. The van der Waals surface area contributed by atoms with Gasteiger partial charge >= 0.3 is 0 Å². The summed E-state index contributed by atoms with van der Waals surface area (Å²) in [6, 6.07) is 6.73. The Morgan fingerprint density at radius 2 is 2.06 bits per heavy atom. The number of nitrogens with zero attached hydrogens (tertiary/aromatic N) is 2. The third-order valence-corrected chi connectivity index (χ3v) is 3.25. The van der Waals surface area contributed by atoms with Crippen molar-refractivity contribution in [3.63, 3.8) is 0 Å². The largest absolute Gasteiger partial charge is 0.303 e. The zero-order valence-corrected chi connectivity index (χ0v) is 9.83. The van der Waals surface area contributed by atoms with E-state index in [4.69, 9.17) is 0 Å². The molecule has 0 radical (unpaired) electrons. The van der Waals surface area contributed by atoms with Crippen molar-refractivity contribution in [2.45, 2.75) is 33.1 Å². The maximum absolute atomic E-state index is 4.60. The van der Waals surface area contributed by atoms with Gasteiger partial charge in [0.05, 0.1) is 11.4 Å². The van der Waals surface area contributed by atoms with Gasteiger partial charge in [-0.2, -0.15) is 0 Å². The molecule has 82 valence electrons. The van der Waals surface area contributed by atoms with Gasteiger partial charge < -0.3 is 4.57 Å². The zero-order valence-electron chi connectivity index (χ0n) is 9.83. The number of rotatable bonds is 0. The molecular formula is C14H16N2. The van der Waals surface area contributed by atoms with Crippen LogP contribution in [0.3, 0.4) is 0 Å². The molecular weight excluding hydrogens is 196 g/mol. The van der Waals surface area contributed by atoms with Crippen LogP contribution in [-0.2, 0) is 12.8 Å². The fraction of sp³-hybridized carbons (Fsp3) is 0.357. The molecule has 0 fully saturated rings. The first kappa shape index (κ1) is 9.64. The topological polar surface area (TPSA) is 17.8 Å². The molecule has 0 saturated carbocycles. The van der Waals surface area contributed by atoms with Crippen molar-refractivity contribution in [1.29, 1.82) is 0 Å². The SMILES string of the molecule is Cc1ccc2c(c1)-n1cc(C)nc1CCC2. The van der Waals surface area contributed by atoms with Crippen LogP contribution in [0.4, 0.5) is 0 Å². The van der Waals surface area contributed by atoms with Crippen LogP contribution in [0.25, 0.3) is 5.69 Å². The van der Waals surface area contributed by atoms with E-state index in [1.54, 1.807) is 0 Å². The Bertz CT molecular complexity index is 538. The maximum atomic E-state index is 4.60. The van der Waals surface area contributed by atoms with Gasteiger partial charge in [-0.15, -0.1) is 0 Å². The van der Waals surface area contributed by atoms with Crippen LogP contribution in [0.2, 0.25) is 0 Å². The van der Waals surface area contributed by atoms with E-state index in [1.165, 1.54) is 29.1 Å². The predicted molar refractivity (Wildman–Crippen MR) is 65.1 cm³/mol. The Morgan fingerprint density at radius 3 is 2.94 bits per heavy atom. The average molecular weight is 212 g/mol. The minimum Gasteiger partial charge on any atom is -0.303 e. The zero-order chi connectivity index (χ0) is 11.1. The smallest absolute Gasteiger partial charge is 0.113 e. The van der Waals surface area contributed by atoms with Crippen molar-refractivity contribution >= 4 is 0 Å². The van der Waals surface area contributed by atoms with Crippen LogP contribution in [-0.4, -0.2) is 9.55 Å². The van der Waals surface area contributed by atoms with Gasteiger partial charge in [0.1, 0.15) is 5.82 Å². The molecule has 16 heavy (non-hydrogen) atoms. The van der Waals surface area contributed by atoms with Gasteiger partial charge in [-0.1, -0.05) is 12.1 Å². The molecule has 0 bridgehead atoms. The summed E-state index contributed by atoms with van der Waals surface area (Å²) in [5.74, 6) is 1.21. The van der Waals surface area contributed by atoms with Crippen LogP contribution < -0.4 is 0 Å². The van der Waals surface area contributed by atoms with E-state index in [9.17, 15) is 0 Å². The normalized spacial score (nSPS) is 14.1. The van der Waals surface area contributed by atoms with Gasteiger partial charge in [0, 0.05) is 12.6 Å². The Labute approximate surface area is 95.9 Å². The molecule has 0 unspecified atom stereocenters. The first-order chi connectivity index (χ1) is 7.74. The molecule has 0 amide bonds. The molecule has 1 aliphatic heterocycles. The highest BCUT2D eigenvalue weighted by Crippen LogP contribution is 2.24. The van der Waals surface area contributed by atoms with Crippen molar-refractivity contribution in [2.24, 2.45) is 0 Å². The highest BCUT2D eigenvalue weighted by atomic mass is 15.1. The van der Waals surface area contributed by atoms with E-state index in [0.29, 0.717) is 0 Å². The van der Waals surface area contributed by atoms with Crippen molar-refractivity contribution in [3.8, 4) is 5.69 Å². The minimum absolute atomic E-state index is 1.08. The van der Waals surface area contributed by atoms with E-state index in [1.807, 2.05) is 0 Å². The molecule has 0 spiro atoms. The van der Waals surface area contributed by atoms with Gasteiger partial charge in [0.15, 0.2) is 0 Å². The van der Waals surface area contributed by atoms with Crippen LogP contribution in [0.15, 0.2) is 24.4 Å². The van der Waals surface area contributed by atoms with E-state index < -0.39 is 0 Å². The van der Waals surface area contributed by atoms with Crippen LogP contribution >= 0.6 is 0 Å². The summed E-state index contributed by atoms with van der Waals surface area (Å²) in [5.41, 5.74) is 5.21. The van der Waals surface area contributed by atoms with Crippen LogP contribution in [0, 0.1) is 13.8 Å². The lowest BCUT2D eigenvalue weighted by Crippen LogP contribution is -1.99. The van der Waals surface area contributed by atoms with Crippen LogP contribution in [0.5, 0.6) is 0 Å². The number of fused-ring (bicyclic) bond motifs is 3. The Balaban J connectivity index is 2.27. The summed E-state index contributed by atoms with van der Waals surface area (Å²) in [6.07, 6.45) is 5.60. The van der Waals surface area contributed by atoms with Crippen LogP contribution in [0.1, 0.15) is 29.1 Å². The lowest BCUT2D eigenvalue weighted by Gasteiger charge is -2.09. The molecule has 1 aromatic carbocycles. The molecule has 3 rings (SSSR count). The number of benzene rings is 1. The molecule has 0 saturated heterocycles. The standard InChI is InChI=1S/C14H16N2/c1-10-6-7-12-4-3-5-14-15-11(2)9-16(14)13(12)8-10/h6-9H,3-5H2,1-2H3. The molecule has 0 aliphatic carbocycles. The van der Waals surface area contributed by atoms with Crippen molar-refractivity contribution in [1.82, 2.24) is 9.55 Å². The third-order valence-electron chi connectivity index (χ3n) is 3.25. The predicted octanol–water partition coefficient (Wildman–Crippen LogP) is 2.98. The van der Waals surface area contributed by atoms with Gasteiger partial charge in [-0.05, 0) is 43.9 Å². The average Bonchev–Trinajstić information content (AvgIpc) is 2.54. The number of hydrogen-bond donors (Lipinski definition) is 0. The van der Waals surface area contributed by atoms with E-state index in [2.05, 4.69) is 47.8 Å². The van der Waals surface area contributed by atoms with Gasteiger partial charge in [-0.25, -0.2) is 4.98 Å². The minimum atomic E-state index is 1.08. The van der Waals surface area contributed by atoms with Crippen molar-refractivity contribution < 1.29 is 0 Å². The molecule has 0 atom stereocenters. The highest BCUT2D eigenvalue weighted by molar-refractivity contribution is 5.46. The van der Waals surface area contributed by atoms with Crippen molar-refractivity contribution in [2.75, 3.05) is 0 Å². The van der Waals surface area contributed by atoms with E-state index in [0.717, 1.165) is 18.5 Å². The Kier molecular flexibility index (Phi) is 2.10. The molecule has 2 nitrogen and oxygen atoms in total. The lowest BCUT2D eigenvalue weighted by molar-refractivity contribution is 0.789. The summed E-state index contributed by atoms with van der Waals surface area (Å²) in [6.45, 7) is 4.21. The summed E-state index contributed by atoms with van der Waals surface area (Å²) >= 11 is 0. The number of aryl methyl sites for hydroxylation is 4. The fourth-order valence-corrected chi connectivity index (χ4v) is 2.48. The Morgan fingerprint density at radius 1 is 1.19 bits per heavy atom. The summed E-state index contributed by atoms with van der Waals surface area (Å²) in [7, 11) is 0. The number of hydrogen-bond acceptors (Lipinski definition) is 1. The molecule has 2 heterocycles. The number of aromatic nitrogens is 2. The van der Waals surface area contributed by atoms with E-state index in [-0.39, 0.29) is 0 Å². The maximum Gasteiger partial charge on any atom is 0.113 e. The molecule has 1 aliphatic rings. The second-order valence-electron chi connectivity index (χ2n) is 4.65. The molecule has 2 aromatic rings. The molecule has 0 N–H and O–H groups in total. The summed E-state index contributed by atoms with van der Waals surface area (Å²) in [5, 5.41) is 0. The molecule has 2 heteroatoms. The fourth-order valence-electron chi connectivity index (χ4n) is 2.48. The first-order valence-electron chi connectivity index (χ1n) is 5.89. The van der Waals surface area contributed by atoms with Gasteiger partial charge in [-0.3, -0.25) is 0 Å². The third kappa shape index (κ3) is 1.45. The quantitative estimate of drug-likeness (QED) is 0.656. The summed E-state index contributed by atoms with van der Waals surface area (Å²) in [4.78, 5) is 4.60. The Hall–Kier alpha value is -1.57. The number of imidazole rings is 1. The van der Waals surface area contributed by atoms with E-state index >= 15 is 0 Å². The summed E-state index contributed by atoms with van der Waals surface area (Å²) < 4.78 is 2.27. The first-order valence-corrected chi connectivity index (χ1v) is 5.89. The van der Waals surface area contributed by atoms with Gasteiger partial charge in [0.25, 0.3) is 0 Å². The van der Waals surface area contributed by atoms with Gasteiger partial charge in [0.2, 0.25) is 0 Å². The second-order valence-corrected chi connectivity index (χ2v) is 4.65. The lowest BCUT2D eigenvalue weighted by atomic mass is 10.1. The van der Waals surface area contributed by atoms with Crippen molar-refractivity contribution in [3.05, 3.63) is 47.0 Å². The monoisotopic (exact) mass is 212 g/mol. The second kappa shape index (κ2) is 3.48.